The van der Waals surface area contributed by atoms with Gasteiger partial charge >= 0.3 is 6.03 Å². The summed E-state index contributed by atoms with van der Waals surface area (Å²) in [6, 6.07) is 10.7. The molecule has 2 saturated heterocycles. The number of carbonyl (C=O) groups excluding carboxylic acids is 1. The van der Waals surface area contributed by atoms with Gasteiger partial charge < -0.3 is 19.7 Å². The van der Waals surface area contributed by atoms with Gasteiger partial charge in [0, 0.05) is 32.3 Å². The van der Waals surface area contributed by atoms with Crippen LogP contribution in [-0.2, 0) is 15.9 Å². The number of rotatable bonds is 5. The van der Waals surface area contributed by atoms with E-state index in [0.29, 0.717) is 25.6 Å². The van der Waals surface area contributed by atoms with Crippen molar-refractivity contribution < 1.29 is 14.3 Å². The van der Waals surface area contributed by atoms with Crippen LogP contribution in [0.5, 0.6) is 0 Å². The molecule has 1 aromatic carbocycles. The van der Waals surface area contributed by atoms with E-state index in [-0.39, 0.29) is 18.2 Å². The molecule has 2 aliphatic rings. The summed E-state index contributed by atoms with van der Waals surface area (Å²) in [6.07, 6.45) is 4.12. The first-order chi connectivity index (χ1) is 12.2. The van der Waals surface area contributed by atoms with E-state index in [2.05, 4.69) is 36.5 Å². The summed E-state index contributed by atoms with van der Waals surface area (Å²) in [7, 11) is 0. The normalized spacial score (nSPS) is 23.2. The van der Waals surface area contributed by atoms with Crippen molar-refractivity contribution >= 4 is 6.03 Å². The smallest absolute Gasteiger partial charge is 0.317 e. The largest absolute Gasteiger partial charge is 0.381 e. The maximum Gasteiger partial charge on any atom is 0.317 e. The van der Waals surface area contributed by atoms with Crippen molar-refractivity contribution in [2.45, 2.75) is 44.8 Å². The van der Waals surface area contributed by atoms with Gasteiger partial charge in [0.2, 0.25) is 0 Å². The van der Waals surface area contributed by atoms with E-state index in [4.69, 9.17) is 9.47 Å². The van der Waals surface area contributed by atoms with Gasteiger partial charge in [0.1, 0.15) is 0 Å². The highest BCUT2D eigenvalue weighted by Gasteiger charge is 2.27. The number of amides is 2. The van der Waals surface area contributed by atoms with Crippen LogP contribution in [0.15, 0.2) is 30.3 Å². The zero-order valence-corrected chi connectivity index (χ0v) is 15.2. The van der Waals surface area contributed by atoms with Gasteiger partial charge in [0.15, 0.2) is 0 Å². The standard InChI is InChI=1S/C20H30N2O3/c1-16(18-9-12-24-13-10-18)21-20(23)22-11-14-25-19(15-22)8-7-17-5-3-2-4-6-17/h2-6,16,18-19H,7-15H2,1H3,(H,21,23)/t16-,19-/m0/s1. The molecular weight excluding hydrogens is 316 g/mol. The van der Waals surface area contributed by atoms with Crippen molar-refractivity contribution in [3.63, 3.8) is 0 Å². The number of morpholine rings is 1. The van der Waals surface area contributed by atoms with Crippen LogP contribution in [0.4, 0.5) is 4.79 Å². The summed E-state index contributed by atoms with van der Waals surface area (Å²) in [4.78, 5) is 14.5. The average Bonchev–Trinajstić information content (AvgIpc) is 2.68. The van der Waals surface area contributed by atoms with Crippen LogP contribution in [0.3, 0.4) is 0 Å². The molecule has 5 nitrogen and oxygen atoms in total. The van der Waals surface area contributed by atoms with Gasteiger partial charge in [-0.25, -0.2) is 4.79 Å². The lowest BCUT2D eigenvalue weighted by Crippen LogP contribution is -2.52. The molecule has 0 saturated carbocycles. The van der Waals surface area contributed by atoms with Crippen LogP contribution >= 0.6 is 0 Å². The maximum absolute atomic E-state index is 12.6. The lowest BCUT2D eigenvalue weighted by Gasteiger charge is -2.35. The fourth-order valence-corrected chi connectivity index (χ4v) is 3.67. The van der Waals surface area contributed by atoms with Gasteiger partial charge in [-0.15, -0.1) is 0 Å². The third-order valence-electron chi connectivity index (χ3n) is 5.35. The fraction of sp³-hybridized carbons (Fsp3) is 0.650. The Morgan fingerprint density at radius 1 is 1.24 bits per heavy atom. The SMILES string of the molecule is C[C@H](NC(=O)N1CCO[C@@H](CCc2ccccc2)C1)C1CCOCC1. The first kappa shape index (κ1) is 18.2. The molecule has 0 unspecified atom stereocenters. The van der Waals surface area contributed by atoms with E-state index in [1.54, 1.807) is 0 Å². The summed E-state index contributed by atoms with van der Waals surface area (Å²) >= 11 is 0. The van der Waals surface area contributed by atoms with E-state index < -0.39 is 0 Å². The van der Waals surface area contributed by atoms with Crippen LogP contribution in [0.1, 0.15) is 31.7 Å². The van der Waals surface area contributed by atoms with Crippen molar-refractivity contribution in [3.05, 3.63) is 35.9 Å². The molecule has 2 fully saturated rings. The lowest BCUT2D eigenvalue weighted by atomic mass is 9.93. The second-order valence-electron chi connectivity index (χ2n) is 7.15. The maximum atomic E-state index is 12.6. The molecule has 2 heterocycles. The van der Waals surface area contributed by atoms with E-state index >= 15 is 0 Å². The number of hydrogen-bond donors (Lipinski definition) is 1. The number of ether oxygens (including phenoxy) is 2. The summed E-state index contributed by atoms with van der Waals surface area (Å²) in [5, 5.41) is 3.19. The molecule has 5 heteroatoms. The van der Waals surface area contributed by atoms with Gasteiger partial charge in [-0.2, -0.15) is 0 Å². The minimum absolute atomic E-state index is 0.0482. The number of benzene rings is 1. The topological polar surface area (TPSA) is 50.8 Å². The number of urea groups is 1. The second kappa shape index (κ2) is 9.20. The zero-order valence-electron chi connectivity index (χ0n) is 15.2. The van der Waals surface area contributed by atoms with Crippen molar-refractivity contribution in [1.29, 1.82) is 0 Å². The monoisotopic (exact) mass is 346 g/mol. The summed E-state index contributed by atoms with van der Waals surface area (Å²) in [6.45, 7) is 5.71. The van der Waals surface area contributed by atoms with Gasteiger partial charge in [-0.05, 0) is 44.1 Å². The van der Waals surface area contributed by atoms with E-state index in [1.165, 1.54) is 5.56 Å². The highest BCUT2D eigenvalue weighted by atomic mass is 16.5. The molecule has 0 aliphatic carbocycles. The Kier molecular flexibility index (Phi) is 6.70. The fourth-order valence-electron chi connectivity index (χ4n) is 3.67. The molecule has 2 atom stereocenters. The van der Waals surface area contributed by atoms with Gasteiger partial charge in [0.05, 0.1) is 12.7 Å². The Morgan fingerprint density at radius 3 is 2.76 bits per heavy atom. The highest BCUT2D eigenvalue weighted by Crippen LogP contribution is 2.19. The third kappa shape index (κ3) is 5.44. The Balaban J connectivity index is 1.44. The van der Waals surface area contributed by atoms with Crippen molar-refractivity contribution in [3.8, 4) is 0 Å². The zero-order chi connectivity index (χ0) is 17.5. The predicted molar refractivity (Wildman–Crippen MR) is 97.6 cm³/mol. The number of aryl methyl sites for hydroxylation is 1. The molecule has 0 bridgehead atoms. The van der Waals surface area contributed by atoms with Gasteiger partial charge in [-0.1, -0.05) is 30.3 Å². The number of nitrogens with zero attached hydrogens (tertiary/aromatic N) is 1. The molecule has 2 amide bonds. The summed E-state index contributed by atoms with van der Waals surface area (Å²) in [5.41, 5.74) is 1.32. The summed E-state index contributed by atoms with van der Waals surface area (Å²) in [5.74, 6) is 0.521. The molecule has 0 spiro atoms. The molecule has 138 valence electrons. The summed E-state index contributed by atoms with van der Waals surface area (Å²) < 4.78 is 11.3. The number of hydrogen-bond acceptors (Lipinski definition) is 3. The predicted octanol–water partition coefficient (Wildman–Crippen LogP) is 2.84. The van der Waals surface area contributed by atoms with Crippen molar-refractivity contribution in [1.82, 2.24) is 10.2 Å². The van der Waals surface area contributed by atoms with Gasteiger partial charge in [-0.3, -0.25) is 0 Å². The van der Waals surface area contributed by atoms with E-state index in [1.807, 2.05) is 11.0 Å². The third-order valence-corrected chi connectivity index (χ3v) is 5.35. The first-order valence-corrected chi connectivity index (χ1v) is 9.51. The molecule has 25 heavy (non-hydrogen) atoms. The quantitative estimate of drug-likeness (QED) is 0.892. The van der Waals surface area contributed by atoms with Crippen LogP contribution in [-0.4, -0.2) is 56.0 Å². The molecular formula is C20H30N2O3. The minimum Gasteiger partial charge on any atom is -0.381 e. The number of carbonyl (C=O) groups is 1. The average molecular weight is 346 g/mol. The van der Waals surface area contributed by atoms with Crippen LogP contribution in [0.2, 0.25) is 0 Å². The van der Waals surface area contributed by atoms with Crippen LogP contribution in [0, 0.1) is 5.92 Å². The van der Waals surface area contributed by atoms with Crippen LogP contribution in [0.25, 0.3) is 0 Å². The first-order valence-electron chi connectivity index (χ1n) is 9.51. The Morgan fingerprint density at radius 2 is 2.00 bits per heavy atom. The molecule has 1 N–H and O–H groups in total. The molecule has 3 rings (SSSR count). The Bertz CT molecular complexity index is 531. The molecule has 2 aliphatic heterocycles. The van der Waals surface area contributed by atoms with Gasteiger partial charge in [0.25, 0.3) is 0 Å². The molecule has 1 aromatic rings. The van der Waals surface area contributed by atoms with E-state index in [0.717, 1.165) is 38.9 Å². The lowest BCUT2D eigenvalue weighted by molar-refractivity contribution is -0.0185. The molecule has 0 radical (unpaired) electrons. The number of nitrogens with one attached hydrogen (secondary N) is 1. The Hall–Kier alpha value is -1.59. The highest BCUT2D eigenvalue weighted by molar-refractivity contribution is 5.74. The second-order valence-corrected chi connectivity index (χ2v) is 7.15. The van der Waals surface area contributed by atoms with Crippen molar-refractivity contribution in [2.75, 3.05) is 32.9 Å². The van der Waals surface area contributed by atoms with Crippen LogP contribution < -0.4 is 5.32 Å². The van der Waals surface area contributed by atoms with E-state index in [9.17, 15) is 4.79 Å². The van der Waals surface area contributed by atoms with Crippen molar-refractivity contribution in [2.24, 2.45) is 5.92 Å². The Labute approximate surface area is 150 Å². The molecule has 0 aromatic heterocycles. The minimum atomic E-state index is 0.0482.